The first-order valence-corrected chi connectivity index (χ1v) is 17.1. The summed E-state index contributed by atoms with van der Waals surface area (Å²) in [6, 6.07) is 9.89. The zero-order chi connectivity index (χ0) is 32.4. The Balaban J connectivity index is 1.24. The van der Waals surface area contributed by atoms with E-state index in [9.17, 15) is 13.6 Å². The highest BCUT2D eigenvalue weighted by Crippen LogP contribution is 2.52. The van der Waals surface area contributed by atoms with Crippen LogP contribution in [0.3, 0.4) is 0 Å². The molecule has 0 unspecified atom stereocenters. The van der Waals surface area contributed by atoms with Crippen LogP contribution >= 0.6 is 0 Å². The third kappa shape index (κ3) is 6.44. The van der Waals surface area contributed by atoms with E-state index in [2.05, 4.69) is 27.4 Å². The molecule has 0 amide bonds. The Morgan fingerprint density at radius 2 is 1.76 bits per heavy atom. The van der Waals surface area contributed by atoms with Gasteiger partial charge in [0.25, 0.3) is 0 Å². The first-order chi connectivity index (χ1) is 22.2. The smallest absolute Gasteiger partial charge is 0.305 e. The minimum Gasteiger partial charge on any atom is -0.462 e. The van der Waals surface area contributed by atoms with Gasteiger partial charge in [0.2, 0.25) is 0 Å². The van der Waals surface area contributed by atoms with E-state index in [0.717, 1.165) is 69.5 Å². The van der Waals surface area contributed by atoms with Crippen LogP contribution in [-0.4, -0.2) is 59.2 Å². The molecular formula is C37H47F3N4O2. The van der Waals surface area contributed by atoms with E-state index in [1.54, 1.807) is 13.0 Å². The molecule has 3 atom stereocenters. The Labute approximate surface area is 270 Å². The molecular weight excluding hydrogens is 589 g/mol. The van der Waals surface area contributed by atoms with Crippen molar-refractivity contribution in [2.24, 2.45) is 17.8 Å². The van der Waals surface area contributed by atoms with Gasteiger partial charge in [0, 0.05) is 68.7 Å². The molecule has 3 aromatic rings. The van der Waals surface area contributed by atoms with E-state index >= 15 is 4.39 Å². The predicted octanol–water partition coefficient (Wildman–Crippen LogP) is 7.08. The molecule has 0 radical (unpaired) electrons. The molecule has 6 rings (SSSR count). The summed E-state index contributed by atoms with van der Waals surface area (Å²) in [5.41, 5.74) is 1.19. The van der Waals surface area contributed by atoms with Gasteiger partial charge in [-0.2, -0.15) is 0 Å². The zero-order valence-electron chi connectivity index (χ0n) is 27.4. The lowest BCUT2D eigenvalue weighted by molar-refractivity contribution is -0.152. The normalized spacial score (nSPS) is 22.5. The van der Waals surface area contributed by atoms with E-state index < -0.39 is 17.0 Å². The van der Waals surface area contributed by atoms with Gasteiger partial charge in [0.15, 0.2) is 0 Å². The summed E-state index contributed by atoms with van der Waals surface area (Å²) in [7, 11) is 0. The number of nitrogens with zero attached hydrogens (tertiary/aromatic N) is 4. The SMILES string of the molecule is CCC(=O)O[C@H]1CCC[C@@H]1[C@](Cn1ccnc1CC)(c1cccc(F)c1)C1CCN(CC2CN(c3c(F)cc(C)cc3F)C2)CC1. The van der Waals surface area contributed by atoms with Crippen LogP contribution < -0.4 is 4.90 Å². The zero-order valence-corrected chi connectivity index (χ0v) is 27.4. The monoisotopic (exact) mass is 636 g/mol. The molecule has 2 aliphatic heterocycles. The number of aromatic nitrogens is 2. The molecule has 1 aromatic heterocycles. The average molecular weight is 637 g/mol. The number of hydrogen-bond donors (Lipinski definition) is 0. The first-order valence-electron chi connectivity index (χ1n) is 17.1. The Bertz CT molecular complexity index is 1490. The molecule has 9 heteroatoms. The van der Waals surface area contributed by atoms with Gasteiger partial charge in [0.1, 0.15) is 35.1 Å². The van der Waals surface area contributed by atoms with E-state index in [4.69, 9.17) is 4.74 Å². The lowest BCUT2D eigenvalue weighted by Crippen LogP contribution is -2.55. The molecule has 3 fully saturated rings. The van der Waals surface area contributed by atoms with Gasteiger partial charge in [-0.1, -0.05) is 26.0 Å². The summed E-state index contributed by atoms with van der Waals surface area (Å²) >= 11 is 0. The van der Waals surface area contributed by atoms with Gasteiger partial charge >= 0.3 is 5.97 Å². The summed E-state index contributed by atoms with van der Waals surface area (Å²) < 4.78 is 52.6. The topological polar surface area (TPSA) is 50.6 Å². The van der Waals surface area contributed by atoms with Crippen molar-refractivity contribution < 1.29 is 22.7 Å². The minimum absolute atomic E-state index is 0.0490. The van der Waals surface area contributed by atoms with Crippen molar-refractivity contribution in [3.05, 3.63) is 83.2 Å². The van der Waals surface area contributed by atoms with Crippen molar-refractivity contribution >= 4 is 11.7 Å². The Hall–Kier alpha value is -3.33. The lowest BCUT2D eigenvalue weighted by atomic mass is 9.58. The van der Waals surface area contributed by atoms with Crippen molar-refractivity contribution in [2.75, 3.05) is 37.6 Å². The third-order valence-corrected chi connectivity index (χ3v) is 10.9. The van der Waals surface area contributed by atoms with Crippen LogP contribution in [0.1, 0.15) is 69.3 Å². The summed E-state index contributed by atoms with van der Waals surface area (Å²) in [6.07, 6.45) is 9.33. The van der Waals surface area contributed by atoms with Gasteiger partial charge in [-0.05, 0) is 93.4 Å². The maximum absolute atomic E-state index is 15.0. The van der Waals surface area contributed by atoms with E-state index in [1.165, 1.54) is 18.2 Å². The van der Waals surface area contributed by atoms with Crippen LogP contribution in [0.5, 0.6) is 0 Å². The van der Waals surface area contributed by atoms with Crippen LogP contribution in [0.25, 0.3) is 0 Å². The number of carbonyl (C=O) groups is 1. The van der Waals surface area contributed by atoms with Crippen molar-refractivity contribution in [1.82, 2.24) is 14.5 Å². The number of imidazole rings is 1. The molecule has 2 saturated heterocycles. The van der Waals surface area contributed by atoms with Crippen molar-refractivity contribution in [2.45, 2.75) is 83.8 Å². The second kappa shape index (κ2) is 13.8. The maximum Gasteiger partial charge on any atom is 0.305 e. The molecule has 0 N–H and O–H groups in total. The molecule has 3 heterocycles. The molecule has 6 nitrogen and oxygen atoms in total. The molecule has 3 aliphatic rings. The number of esters is 1. The number of hydrogen-bond acceptors (Lipinski definition) is 5. The van der Waals surface area contributed by atoms with E-state index in [-0.39, 0.29) is 35.4 Å². The predicted molar refractivity (Wildman–Crippen MR) is 173 cm³/mol. The largest absolute Gasteiger partial charge is 0.462 e. The fraction of sp³-hybridized carbons (Fsp3) is 0.568. The lowest BCUT2D eigenvalue weighted by Gasteiger charge is -2.51. The second-order valence-corrected chi connectivity index (χ2v) is 13.7. The number of piperidine rings is 1. The van der Waals surface area contributed by atoms with Crippen LogP contribution in [0.15, 0.2) is 48.8 Å². The summed E-state index contributed by atoms with van der Waals surface area (Å²) in [4.78, 5) is 21.5. The third-order valence-electron chi connectivity index (χ3n) is 10.9. The van der Waals surface area contributed by atoms with Crippen LogP contribution in [-0.2, 0) is 27.9 Å². The highest BCUT2D eigenvalue weighted by molar-refractivity contribution is 5.69. The number of aryl methyl sites for hydroxylation is 2. The molecule has 1 saturated carbocycles. The van der Waals surface area contributed by atoms with Crippen LogP contribution in [0.2, 0.25) is 0 Å². The molecule has 1 aliphatic carbocycles. The molecule has 0 bridgehead atoms. The fourth-order valence-corrected chi connectivity index (χ4v) is 8.72. The number of halogens is 3. The van der Waals surface area contributed by atoms with E-state index in [1.807, 2.05) is 30.3 Å². The Kier molecular flexibility index (Phi) is 9.78. The molecule has 0 spiro atoms. The minimum atomic E-state index is -0.496. The van der Waals surface area contributed by atoms with E-state index in [0.29, 0.717) is 37.5 Å². The summed E-state index contributed by atoms with van der Waals surface area (Å²) in [6.45, 7) is 10.2. The van der Waals surface area contributed by atoms with Gasteiger partial charge in [-0.25, -0.2) is 18.2 Å². The average Bonchev–Trinajstić information content (AvgIpc) is 3.67. The maximum atomic E-state index is 15.0. The van der Waals surface area contributed by atoms with Crippen molar-refractivity contribution in [3.8, 4) is 0 Å². The number of benzene rings is 2. The number of likely N-dealkylation sites (tertiary alicyclic amines) is 1. The first kappa shape index (κ1) is 32.6. The Morgan fingerprint density at radius 1 is 1.02 bits per heavy atom. The van der Waals surface area contributed by atoms with Crippen LogP contribution in [0.4, 0.5) is 18.9 Å². The molecule has 2 aromatic carbocycles. The highest BCUT2D eigenvalue weighted by atomic mass is 19.1. The standard InChI is InChI=1S/C37H47F3N4O2/c1-4-34-41-14-17-43(34)24-37(28-8-6-9-29(38)20-28,30-10-7-11-33(30)46-35(45)5-2)27-12-15-42(16-13-27)21-26-22-44(23-26)36-31(39)18-25(3)19-32(36)40/h6,8-9,14,17-20,26-27,30,33H,4-5,7,10-13,15-16,21-24H2,1-3H3/t30-,33-,37-/m0/s1. The van der Waals surface area contributed by atoms with Gasteiger partial charge in [-0.3, -0.25) is 4.79 Å². The van der Waals surface area contributed by atoms with Crippen LogP contribution in [0, 0.1) is 42.1 Å². The number of carbonyl (C=O) groups excluding carboxylic acids is 1. The Morgan fingerprint density at radius 3 is 2.43 bits per heavy atom. The number of ether oxygens (including phenoxy) is 1. The van der Waals surface area contributed by atoms with Crippen molar-refractivity contribution in [1.29, 1.82) is 0 Å². The number of rotatable bonds is 11. The van der Waals surface area contributed by atoms with Crippen molar-refractivity contribution in [3.63, 3.8) is 0 Å². The van der Waals surface area contributed by atoms with Gasteiger partial charge in [0.05, 0.1) is 0 Å². The summed E-state index contributed by atoms with van der Waals surface area (Å²) in [5, 5.41) is 0. The highest BCUT2D eigenvalue weighted by Gasteiger charge is 2.53. The summed E-state index contributed by atoms with van der Waals surface area (Å²) in [5.74, 6) is 0.192. The van der Waals surface area contributed by atoms with Gasteiger partial charge < -0.3 is 19.1 Å². The quantitative estimate of drug-likeness (QED) is 0.211. The fourth-order valence-electron chi connectivity index (χ4n) is 8.72. The molecule has 248 valence electrons. The van der Waals surface area contributed by atoms with Gasteiger partial charge in [-0.15, -0.1) is 0 Å². The second-order valence-electron chi connectivity index (χ2n) is 13.7. The number of anilines is 1. The molecule has 46 heavy (non-hydrogen) atoms.